The molecule has 0 spiro atoms. The fraction of sp³-hybridized carbons (Fsp3) is 0.611. The van der Waals surface area contributed by atoms with E-state index >= 15 is 0 Å². The van der Waals surface area contributed by atoms with Crippen molar-refractivity contribution in [2.75, 3.05) is 6.54 Å². The van der Waals surface area contributed by atoms with Gasteiger partial charge in [-0.2, -0.15) is 0 Å². The quantitative estimate of drug-likeness (QED) is 0.849. The van der Waals surface area contributed by atoms with Gasteiger partial charge in [0, 0.05) is 12.1 Å². The molecule has 1 aliphatic carbocycles. The Morgan fingerprint density at radius 3 is 2.64 bits per heavy atom. The van der Waals surface area contributed by atoms with Gasteiger partial charge in [0.25, 0.3) is 0 Å². The molecule has 0 unspecified atom stereocenters. The van der Waals surface area contributed by atoms with Crippen LogP contribution < -0.4 is 10.1 Å². The molecule has 0 saturated heterocycles. The first-order valence-corrected chi connectivity index (χ1v) is 8.22. The Morgan fingerprint density at radius 1 is 1.27 bits per heavy atom. The van der Waals surface area contributed by atoms with Crippen LogP contribution in [0.4, 0.5) is 0 Å². The number of amides is 1. The van der Waals surface area contributed by atoms with Crippen molar-refractivity contribution in [2.45, 2.75) is 64.1 Å². The first-order chi connectivity index (χ1) is 10.5. The molecule has 122 valence electrons. The lowest BCUT2D eigenvalue weighted by molar-refractivity contribution is -0.122. The Balaban J connectivity index is 1.89. The summed E-state index contributed by atoms with van der Waals surface area (Å²) in [5.74, 6) is 0.683. The second-order valence-electron chi connectivity index (χ2n) is 6.51. The minimum absolute atomic E-state index is 0.0706. The fourth-order valence-electron chi connectivity index (χ4n) is 2.90. The van der Waals surface area contributed by atoms with E-state index in [9.17, 15) is 9.90 Å². The summed E-state index contributed by atoms with van der Waals surface area (Å²) in [5, 5.41) is 13.3. The van der Waals surface area contributed by atoms with E-state index in [1.165, 1.54) is 6.42 Å². The van der Waals surface area contributed by atoms with Crippen molar-refractivity contribution in [3.8, 4) is 5.75 Å². The second-order valence-corrected chi connectivity index (χ2v) is 6.51. The largest absolute Gasteiger partial charge is 0.491 e. The molecule has 4 nitrogen and oxygen atoms in total. The summed E-state index contributed by atoms with van der Waals surface area (Å²) in [6, 6.07) is 7.61. The topological polar surface area (TPSA) is 58.6 Å². The SMILES string of the molecule is CC(C)Oc1ccccc1CC(=O)NCC1(O)CCCCC1. The summed E-state index contributed by atoms with van der Waals surface area (Å²) in [6.45, 7) is 4.28. The van der Waals surface area contributed by atoms with Gasteiger partial charge < -0.3 is 15.2 Å². The molecule has 2 rings (SSSR count). The monoisotopic (exact) mass is 305 g/mol. The van der Waals surface area contributed by atoms with E-state index in [4.69, 9.17) is 4.74 Å². The first kappa shape index (κ1) is 16.8. The van der Waals surface area contributed by atoms with Gasteiger partial charge in [-0.3, -0.25) is 4.79 Å². The summed E-state index contributed by atoms with van der Waals surface area (Å²) in [6.07, 6.45) is 5.16. The van der Waals surface area contributed by atoms with Crippen molar-refractivity contribution in [1.82, 2.24) is 5.32 Å². The molecule has 0 aliphatic heterocycles. The van der Waals surface area contributed by atoms with Gasteiger partial charge in [-0.15, -0.1) is 0 Å². The second kappa shape index (κ2) is 7.63. The van der Waals surface area contributed by atoms with E-state index < -0.39 is 5.60 Å². The number of hydrogen-bond donors (Lipinski definition) is 2. The van der Waals surface area contributed by atoms with Gasteiger partial charge in [-0.1, -0.05) is 37.5 Å². The Morgan fingerprint density at radius 2 is 1.95 bits per heavy atom. The predicted molar refractivity (Wildman–Crippen MR) is 87.0 cm³/mol. The number of nitrogens with one attached hydrogen (secondary N) is 1. The Labute approximate surface area is 132 Å². The lowest BCUT2D eigenvalue weighted by Crippen LogP contribution is -2.44. The number of carbonyl (C=O) groups excluding carboxylic acids is 1. The average Bonchev–Trinajstić information content (AvgIpc) is 2.48. The highest BCUT2D eigenvalue weighted by Crippen LogP contribution is 2.27. The molecule has 0 bridgehead atoms. The third-order valence-electron chi connectivity index (χ3n) is 4.09. The van der Waals surface area contributed by atoms with E-state index in [1.54, 1.807) is 0 Å². The molecule has 1 saturated carbocycles. The van der Waals surface area contributed by atoms with Crippen LogP contribution in [0.15, 0.2) is 24.3 Å². The van der Waals surface area contributed by atoms with Crippen LogP contribution in [0, 0.1) is 0 Å². The van der Waals surface area contributed by atoms with Crippen molar-refractivity contribution in [2.24, 2.45) is 0 Å². The fourth-order valence-corrected chi connectivity index (χ4v) is 2.90. The van der Waals surface area contributed by atoms with Gasteiger partial charge in [0.05, 0.1) is 18.1 Å². The van der Waals surface area contributed by atoms with Gasteiger partial charge in [0.1, 0.15) is 5.75 Å². The number of para-hydroxylation sites is 1. The Hall–Kier alpha value is -1.55. The van der Waals surface area contributed by atoms with Crippen molar-refractivity contribution >= 4 is 5.91 Å². The van der Waals surface area contributed by atoms with Crippen LogP contribution in [0.2, 0.25) is 0 Å². The molecule has 1 aromatic carbocycles. The van der Waals surface area contributed by atoms with Crippen LogP contribution in [0.5, 0.6) is 5.75 Å². The zero-order valence-electron chi connectivity index (χ0n) is 13.6. The molecule has 1 aromatic rings. The van der Waals surface area contributed by atoms with Crippen molar-refractivity contribution in [3.05, 3.63) is 29.8 Å². The highest BCUT2D eigenvalue weighted by molar-refractivity contribution is 5.79. The molecule has 2 N–H and O–H groups in total. The molecule has 0 aromatic heterocycles. The van der Waals surface area contributed by atoms with Crippen molar-refractivity contribution in [3.63, 3.8) is 0 Å². The standard InChI is InChI=1S/C18H27NO3/c1-14(2)22-16-9-5-4-8-15(16)12-17(20)19-13-18(21)10-6-3-7-11-18/h4-5,8-9,14,21H,3,6-7,10-13H2,1-2H3,(H,19,20). The van der Waals surface area contributed by atoms with Crippen LogP contribution in [-0.2, 0) is 11.2 Å². The van der Waals surface area contributed by atoms with Crippen molar-refractivity contribution < 1.29 is 14.6 Å². The maximum Gasteiger partial charge on any atom is 0.224 e. The molecular weight excluding hydrogens is 278 g/mol. The van der Waals surface area contributed by atoms with Gasteiger partial charge in [-0.05, 0) is 32.8 Å². The molecule has 0 atom stereocenters. The normalized spacial score (nSPS) is 17.3. The van der Waals surface area contributed by atoms with Crippen LogP contribution in [0.3, 0.4) is 0 Å². The van der Waals surface area contributed by atoms with Crippen LogP contribution in [0.1, 0.15) is 51.5 Å². The number of benzene rings is 1. The molecule has 22 heavy (non-hydrogen) atoms. The van der Waals surface area contributed by atoms with Crippen molar-refractivity contribution in [1.29, 1.82) is 0 Å². The van der Waals surface area contributed by atoms with Crippen LogP contribution >= 0.6 is 0 Å². The lowest BCUT2D eigenvalue weighted by atomic mass is 9.85. The third kappa shape index (κ3) is 5.02. The summed E-state index contributed by atoms with van der Waals surface area (Å²) >= 11 is 0. The van der Waals surface area contributed by atoms with E-state index in [0.29, 0.717) is 6.54 Å². The summed E-state index contributed by atoms with van der Waals surface area (Å²) < 4.78 is 5.73. The summed E-state index contributed by atoms with van der Waals surface area (Å²) in [5.41, 5.74) is 0.159. The Bertz CT molecular complexity index is 493. The maximum absolute atomic E-state index is 12.2. The maximum atomic E-state index is 12.2. The van der Waals surface area contributed by atoms with Gasteiger partial charge >= 0.3 is 0 Å². The van der Waals surface area contributed by atoms with Crippen LogP contribution in [0.25, 0.3) is 0 Å². The molecule has 0 heterocycles. The molecule has 4 heteroatoms. The number of hydrogen-bond acceptors (Lipinski definition) is 3. The van der Waals surface area contributed by atoms with E-state index in [2.05, 4.69) is 5.32 Å². The smallest absolute Gasteiger partial charge is 0.224 e. The molecule has 0 radical (unpaired) electrons. The number of aliphatic hydroxyl groups is 1. The Kier molecular flexibility index (Phi) is 5.83. The average molecular weight is 305 g/mol. The highest BCUT2D eigenvalue weighted by atomic mass is 16.5. The van der Waals surface area contributed by atoms with E-state index in [1.807, 2.05) is 38.1 Å². The number of rotatable bonds is 6. The minimum atomic E-state index is -0.720. The summed E-state index contributed by atoms with van der Waals surface area (Å²) in [7, 11) is 0. The van der Waals surface area contributed by atoms with E-state index in [-0.39, 0.29) is 18.4 Å². The van der Waals surface area contributed by atoms with Gasteiger partial charge in [0.15, 0.2) is 0 Å². The van der Waals surface area contributed by atoms with E-state index in [0.717, 1.165) is 37.0 Å². The first-order valence-electron chi connectivity index (χ1n) is 8.22. The molecule has 1 amide bonds. The minimum Gasteiger partial charge on any atom is -0.491 e. The number of carbonyl (C=O) groups is 1. The third-order valence-corrected chi connectivity index (χ3v) is 4.09. The lowest BCUT2D eigenvalue weighted by Gasteiger charge is -2.32. The van der Waals surface area contributed by atoms with Gasteiger partial charge in [-0.25, -0.2) is 0 Å². The molecule has 1 fully saturated rings. The molecule has 1 aliphatic rings. The predicted octanol–water partition coefficient (Wildman–Crippen LogP) is 2.83. The van der Waals surface area contributed by atoms with Gasteiger partial charge in [0.2, 0.25) is 5.91 Å². The highest BCUT2D eigenvalue weighted by Gasteiger charge is 2.29. The zero-order valence-corrected chi connectivity index (χ0v) is 13.6. The summed E-state index contributed by atoms with van der Waals surface area (Å²) in [4.78, 5) is 12.2. The number of ether oxygens (including phenoxy) is 1. The van der Waals surface area contributed by atoms with Crippen LogP contribution in [-0.4, -0.2) is 29.3 Å². The zero-order chi connectivity index (χ0) is 16.0. The molecular formula is C18H27NO3.